The monoisotopic (exact) mass is 473 g/mol. The van der Waals surface area contributed by atoms with Crippen LogP contribution in [-0.4, -0.2) is 21.0 Å². The summed E-state index contributed by atoms with van der Waals surface area (Å²) in [6.45, 7) is 0. The van der Waals surface area contributed by atoms with E-state index < -0.39 is 17.9 Å². The highest BCUT2D eigenvalue weighted by atomic mass is 32.1. The third kappa shape index (κ3) is 4.31. The summed E-state index contributed by atoms with van der Waals surface area (Å²) in [6.07, 6.45) is 3.17. The van der Waals surface area contributed by atoms with Crippen molar-refractivity contribution >= 4 is 21.6 Å². The van der Waals surface area contributed by atoms with Crippen LogP contribution in [0, 0.1) is 11.6 Å². The second-order valence-electron chi connectivity index (χ2n) is 8.00. The minimum Gasteiger partial charge on any atom is -0.326 e. The summed E-state index contributed by atoms with van der Waals surface area (Å²) in [7, 11) is 0. The molecule has 0 amide bonds. The zero-order valence-corrected chi connectivity index (χ0v) is 18.8. The van der Waals surface area contributed by atoms with Crippen LogP contribution in [-0.2, 0) is 6.42 Å². The average molecular weight is 474 g/mol. The number of hydrogen-bond donors (Lipinski definition) is 2. The quantitative estimate of drug-likeness (QED) is 0.351. The molecule has 0 radical (unpaired) electrons. The van der Waals surface area contributed by atoms with Gasteiger partial charge in [0.2, 0.25) is 0 Å². The van der Waals surface area contributed by atoms with E-state index in [1.807, 2.05) is 35.7 Å². The molecule has 0 saturated carbocycles. The highest BCUT2D eigenvalue weighted by Gasteiger charge is 2.25. The molecule has 8 heteroatoms. The molecule has 5 nitrogen and oxygen atoms in total. The van der Waals surface area contributed by atoms with Gasteiger partial charge in [0.1, 0.15) is 5.82 Å². The van der Waals surface area contributed by atoms with Crippen molar-refractivity contribution in [3.05, 3.63) is 101 Å². The summed E-state index contributed by atoms with van der Waals surface area (Å²) in [4.78, 5) is 13.2. The maximum atomic E-state index is 14.6. The van der Waals surface area contributed by atoms with E-state index in [1.165, 1.54) is 35.7 Å². The number of nitrogens with zero attached hydrogens (tertiary/aromatic N) is 3. The Hall–Kier alpha value is -3.59. The molecule has 2 aromatic carbocycles. The van der Waals surface area contributed by atoms with E-state index in [2.05, 4.69) is 9.97 Å². The number of thiophene rings is 1. The fraction of sp³-hybridized carbons (Fsp3) is 0.115. The molecular weight excluding hydrogens is 452 g/mol. The Morgan fingerprint density at radius 3 is 2.38 bits per heavy atom. The molecule has 170 valence electrons. The molecule has 3 heterocycles. The van der Waals surface area contributed by atoms with Gasteiger partial charge in [-0.1, -0.05) is 42.5 Å². The standard InChI is InChI=1S/C26H21F2N5S/c27-17-8-6-16(7-9-17)19-14-34-25-23(19)32-26(18-10-11-31-13-20(18)28)33-24(25)22(30)21(29)12-15-4-2-1-3-5-15/h1-11,13-14,21-22H,12,29-30H2. The van der Waals surface area contributed by atoms with Crippen LogP contribution in [0.3, 0.4) is 0 Å². The average Bonchev–Trinajstić information content (AvgIpc) is 3.28. The summed E-state index contributed by atoms with van der Waals surface area (Å²) in [5.41, 5.74) is 17.2. The van der Waals surface area contributed by atoms with E-state index in [0.29, 0.717) is 17.6 Å². The first kappa shape index (κ1) is 22.2. The van der Waals surface area contributed by atoms with E-state index in [9.17, 15) is 8.78 Å². The van der Waals surface area contributed by atoms with Gasteiger partial charge in [-0.2, -0.15) is 0 Å². The Morgan fingerprint density at radius 1 is 0.882 bits per heavy atom. The van der Waals surface area contributed by atoms with Gasteiger partial charge in [-0.15, -0.1) is 11.3 Å². The van der Waals surface area contributed by atoms with Crippen molar-refractivity contribution in [3.8, 4) is 22.5 Å². The van der Waals surface area contributed by atoms with Crippen LogP contribution in [0.15, 0.2) is 78.4 Å². The SMILES string of the molecule is NC(Cc1ccccc1)C(N)c1nc(-c2ccncc2F)nc2c(-c3ccc(F)cc3)csc12. The van der Waals surface area contributed by atoms with Crippen molar-refractivity contribution in [2.24, 2.45) is 11.5 Å². The molecule has 0 aliphatic carbocycles. The summed E-state index contributed by atoms with van der Waals surface area (Å²) in [5.74, 6) is -0.660. The van der Waals surface area contributed by atoms with Crippen molar-refractivity contribution < 1.29 is 8.78 Å². The van der Waals surface area contributed by atoms with Crippen molar-refractivity contribution in [1.82, 2.24) is 15.0 Å². The lowest BCUT2D eigenvalue weighted by atomic mass is 9.97. The molecule has 0 saturated heterocycles. The van der Waals surface area contributed by atoms with Gasteiger partial charge in [0.25, 0.3) is 0 Å². The Balaban J connectivity index is 1.65. The highest BCUT2D eigenvalue weighted by Crippen LogP contribution is 2.38. The molecular formula is C26H21F2N5S. The van der Waals surface area contributed by atoms with Crippen LogP contribution in [0.2, 0.25) is 0 Å². The largest absolute Gasteiger partial charge is 0.326 e. The number of hydrogen-bond acceptors (Lipinski definition) is 6. The lowest BCUT2D eigenvalue weighted by Gasteiger charge is -2.21. The number of halogens is 2. The Morgan fingerprint density at radius 2 is 1.65 bits per heavy atom. The molecule has 0 spiro atoms. The molecule has 34 heavy (non-hydrogen) atoms. The summed E-state index contributed by atoms with van der Waals surface area (Å²) in [6, 6.07) is 16.5. The summed E-state index contributed by atoms with van der Waals surface area (Å²) < 4.78 is 28.9. The smallest absolute Gasteiger partial charge is 0.163 e. The Kier molecular flexibility index (Phi) is 6.10. The maximum absolute atomic E-state index is 14.6. The van der Waals surface area contributed by atoms with Crippen molar-refractivity contribution in [1.29, 1.82) is 0 Å². The topological polar surface area (TPSA) is 90.7 Å². The first-order valence-electron chi connectivity index (χ1n) is 10.7. The molecule has 0 aliphatic heterocycles. The zero-order valence-electron chi connectivity index (χ0n) is 18.0. The first-order chi connectivity index (χ1) is 16.5. The van der Waals surface area contributed by atoms with Crippen LogP contribution in [0.1, 0.15) is 17.3 Å². The Bertz CT molecular complexity index is 1440. The molecule has 2 unspecified atom stereocenters. The molecule has 0 bridgehead atoms. The molecule has 4 N–H and O–H groups in total. The van der Waals surface area contributed by atoms with Gasteiger partial charge >= 0.3 is 0 Å². The van der Waals surface area contributed by atoms with Gasteiger partial charge < -0.3 is 11.5 Å². The zero-order chi connectivity index (χ0) is 23.7. The van der Waals surface area contributed by atoms with Crippen LogP contribution in [0.4, 0.5) is 8.78 Å². The second kappa shape index (κ2) is 9.34. The van der Waals surface area contributed by atoms with Gasteiger partial charge in [-0.05, 0) is 35.7 Å². The van der Waals surface area contributed by atoms with Gasteiger partial charge in [0, 0.05) is 23.2 Å². The van der Waals surface area contributed by atoms with E-state index in [4.69, 9.17) is 16.5 Å². The fourth-order valence-corrected chi connectivity index (χ4v) is 4.95. The van der Waals surface area contributed by atoms with Crippen molar-refractivity contribution in [2.75, 3.05) is 0 Å². The minimum absolute atomic E-state index is 0.200. The van der Waals surface area contributed by atoms with Crippen molar-refractivity contribution in [3.63, 3.8) is 0 Å². The molecule has 2 atom stereocenters. The van der Waals surface area contributed by atoms with E-state index in [-0.39, 0.29) is 17.2 Å². The van der Waals surface area contributed by atoms with Crippen molar-refractivity contribution in [2.45, 2.75) is 18.5 Å². The predicted molar refractivity (Wildman–Crippen MR) is 131 cm³/mol. The highest BCUT2D eigenvalue weighted by molar-refractivity contribution is 7.17. The lowest BCUT2D eigenvalue weighted by Crippen LogP contribution is -2.36. The minimum atomic E-state index is -0.617. The van der Waals surface area contributed by atoms with Gasteiger partial charge in [-0.3, -0.25) is 4.98 Å². The third-order valence-corrected chi connectivity index (χ3v) is 6.69. The molecule has 5 rings (SSSR count). The van der Waals surface area contributed by atoms with Crippen LogP contribution < -0.4 is 11.5 Å². The lowest BCUT2D eigenvalue weighted by molar-refractivity contribution is 0.536. The number of fused-ring (bicyclic) bond motifs is 1. The van der Waals surface area contributed by atoms with Gasteiger partial charge in [-0.25, -0.2) is 18.7 Å². The van der Waals surface area contributed by atoms with E-state index in [0.717, 1.165) is 27.6 Å². The maximum Gasteiger partial charge on any atom is 0.163 e. The van der Waals surface area contributed by atoms with Crippen LogP contribution in [0.5, 0.6) is 0 Å². The van der Waals surface area contributed by atoms with Crippen LogP contribution in [0.25, 0.3) is 32.7 Å². The van der Waals surface area contributed by atoms with Crippen LogP contribution >= 0.6 is 11.3 Å². The fourth-order valence-electron chi connectivity index (χ4n) is 3.89. The number of benzene rings is 2. The van der Waals surface area contributed by atoms with Gasteiger partial charge in [0.15, 0.2) is 11.6 Å². The second-order valence-corrected chi connectivity index (χ2v) is 8.88. The van der Waals surface area contributed by atoms with Gasteiger partial charge in [0.05, 0.1) is 33.7 Å². The molecule has 5 aromatic rings. The van der Waals surface area contributed by atoms with E-state index in [1.54, 1.807) is 12.1 Å². The number of aromatic nitrogens is 3. The third-order valence-electron chi connectivity index (χ3n) is 5.70. The molecule has 0 fully saturated rings. The summed E-state index contributed by atoms with van der Waals surface area (Å²) in [5, 5.41) is 1.93. The Labute approximate surface area is 199 Å². The number of nitrogens with two attached hydrogens (primary N) is 2. The summed E-state index contributed by atoms with van der Waals surface area (Å²) >= 11 is 1.44. The van der Waals surface area contributed by atoms with E-state index >= 15 is 0 Å². The number of pyridine rings is 1. The normalized spacial score (nSPS) is 13.2. The molecule has 3 aromatic heterocycles. The predicted octanol–water partition coefficient (Wildman–Crippen LogP) is 5.27. The molecule has 0 aliphatic rings. The first-order valence-corrected chi connectivity index (χ1v) is 11.6. The number of rotatable bonds is 6.